The SMILES string of the molecule is CCOC(=O)C1=C(c2ccccc2)N(C2CCCCC2)C(=O)C12C(C(=O)OC)=C(N)OC1=C2C(=O)CC(C)(C)C1. The van der Waals surface area contributed by atoms with Gasteiger partial charge in [-0.1, -0.05) is 63.4 Å². The number of methoxy groups -OCH3 is 1. The Bertz CT molecular complexity index is 1360. The quantitative estimate of drug-likeness (QED) is 0.545. The summed E-state index contributed by atoms with van der Waals surface area (Å²) in [7, 11) is 1.16. The number of carbonyl (C=O) groups is 4. The van der Waals surface area contributed by atoms with Crippen LogP contribution in [0.15, 0.2) is 58.7 Å². The van der Waals surface area contributed by atoms with Crippen molar-refractivity contribution in [1.29, 1.82) is 0 Å². The summed E-state index contributed by atoms with van der Waals surface area (Å²) in [5, 5.41) is 0. The van der Waals surface area contributed by atoms with Crippen molar-refractivity contribution in [3.63, 3.8) is 0 Å². The summed E-state index contributed by atoms with van der Waals surface area (Å²) >= 11 is 0. The van der Waals surface area contributed by atoms with Crippen LogP contribution in [0.2, 0.25) is 0 Å². The number of nitrogens with zero attached hydrogens (tertiary/aromatic N) is 1. The first-order valence-corrected chi connectivity index (χ1v) is 13.9. The zero-order chi connectivity index (χ0) is 28.8. The molecule has 2 N–H and O–H groups in total. The first kappa shape index (κ1) is 27.7. The van der Waals surface area contributed by atoms with E-state index in [1.807, 2.05) is 44.2 Å². The van der Waals surface area contributed by atoms with Crippen LogP contribution in [0.3, 0.4) is 0 Å². The van der Waals surface area contributed by atoms with Crippen LogP contribution in [-0.2, 0) is 33.4 Å². The second-order valence-corrected chi connectivity index (χ2v) is 11.6. The standard InChI is InChI=1S/C31H36N2O7/c1-5-39-28(36)23-25(18-12-8-6-9-13-18)33(19-14-10-7-11-15-19)29(37)31(23)22-20(34)16-30(2,3)17-21(22)40-26(32)24(31)27(35)38-4/h6,8-9,12-13,19H,5,7,10-11,14-17,32H2,1-4H3. The molecule has 0 bridgehead atoms. The summed E-state index contributed by atoms with van der Waals surface area (Å²) in [5.74, 6) is -2.87. The van der Waals surface area contributed by atoms with Crippen LogP contribution in [-0.4, -0.2) is 48.3 Å². The Balaban J connectivity index is 1.94. The highest BCUT2D eigenvalue weighted by molar-refractivity contribution is 6.24. The third-order valence-electron chi connectivity index (χ3n) is 8.31. The fourth-order valence-electron chi connectivity index (χ4n) is 6.79. The molecule has 1 atom stereocenters. The maximum absolute atomic E-state index is 15.2. The molecule has 1 unspecified atom stereocenters. The van der Waals surface area contributed by atoms with E-state index >= 15 is 4.79 Å². The summed E-state index contributed by atoms with van der Waals surface area (Å²) in [6.07, 6.45) is 4.66. The average molecular weight is 549 g/mol. The number of Topliss-reactive ketones (excluding diaryl/α,β-unsaturated/α-hetero) is 1. The normalized spacial score (nSPS) is 24.9. The summed E-state index contributed by atoms with van der Waals surface area (Å²) in [6.45, 7) is 5.52. The van der Waals surface area contributed by atoms with Crippen molar-refractivity contribution in [3.05, 3.63) is 64.3 Å². The molecule has 0 radical (unpaired) electrons. The van der Waals surface area contributed by atoms with E-state index in [0.29, 0.717) is 30.5 Å². The molecule has 2 aliphatic heterocycles. The summed E-state index contributed by atoms with van der Waals surface area (Å²) in [4.78, 5) is 58.5. The first-order valence-electron chi connectivity index (χ1n) is 13.9. The highest BCUT2D eigenvalue weighted by Gasteiger charge is 2.68. The van der Waals surface area contributed by atoms with Gasteiger partial charge in [-0.05, 0) is 30.7 Å². The van der Waals surface area contributed by atoms with Crippen LogP contribution >= 0.6 is 0 Å². The van der Waals surface area contributed by atoms with Gasteiger partial charge in [-0.2, -0.15) is 0 Å². The van der Waals surface area contributed by atoms with Crippen molar-refractivity contribution in [2.45, 2.75) is 71.8 Å². The molecular weight excluding hydrogens is 512 g/mol. The fourth-order valence-corrected chi connectivity index (χ4v) is 6.79. The molecule has 4 aliphatic rings. The molecule has 1 aromatic carbocycles. The van der Waals surface area contributed by atoms with Crippen molar-refractivity contribution in [2.75, 3.05) is 13.7 Å². The largest absolute Gasteiger partial charge is 0.465 e. The number of amides is 1. The van der Waals surface area contributed by atoms with E-state index in [4.69, 9.17) is 19.9 Å². The number of benzene rings is 1. The molecule has 1 saturated carbocycles. The smallest absolute Gasteiger partial charge is 0.340 e. The van der Waals surface area contributed by atoms with Gasteiger partial charge in [0.2, 0.25) is 11.8 Å². The summed E-state index contributed by atoms with van der Waals surface area (Å²) in [5.41, 5.74) is 4.23. The lowest BCUT2D eigenvalue weighted by Gasteiger charge is -2.43. The highest BCUT2D eigenvalue weighted by atomic mass is 16.5. The molecule has 9 nitrogen and oxygen atoms in total. The Labute approximate surface area is 234 Å². The van der Waals surface area contributed by atoms with E-state index in [-0.39, 0.29) is 53.2 Å². The van der Waals surface area contributed by atoms with Gasteiger partial charge >= 0.3 is 11.9 Å². The number of esters is 2. The van der Waals surface area contributed by atoms with E-state index in [0.717, 1.165) is 26.4 Å². The van der Waals surface area contributed by atoms with E-state index < -0.39 is 28.7 Å². The predicted octanol–water partition coefficient (Wildman–Crippen LogP) is 4.14. The lowest BCUT2D eigenvalue weighted by atomic mass is 9.61. The van der Waals surface area contributed by atoms with Gasteiger partial charge in [0.15, 0.2) is 11.2 Å². The van der Waals surface area contributed by atoms with Crippen LogP contribution in [0, 0.1) is 10.8 Å². The van der Waals surface area contributed by atoms with Crippen LogP contribution in [0.5, 0.6) is 0 Å². The number of ketones is 1. The third kappa shape index (κ3) is 4.14. The molecule has 0 saturated heterocycles. The second-order valence-electron chi connectivity index (χ2n) is 11.6. The Morgan fingerprint density at radius 2 is 1.70 bits per heavy atom. The molecule has 1 amide bonds. The van der Waals surface area contributed by atoms with E-state index in [1.54, 1.807) is 11.8 Å². The van der Waals surface area contributed by atoms with Gasteiger partial charge in [-0.15, -0.1) is 0 Å². The van der Waals surface area contributed by atoms with Gasteiger partial charge in [-0.3, -0.25) is 9.59 Å². The Hall–Kier alpha value is -3.88. The zero-order valence-corrected chi connectivity index (χ0v) is 23.5. The maximum atomic E-state index is 15.2. The van der Waals surface area contributed by atoms with Crippen molar-refractivity contribution in [3.8, 4) is 0 Å². The second kappa shape index (κ2) is 10.3. The van der Waals surface area contributed by atoms with Gasteiger partial charge in [0.1, 0.15) is 11.3 Å². The number of carbonyl (C=O) groups excluding carboxylic acids is 4. The Morgan fingerprint density at radius 1 is 1.02 bits per heavy atom. The average Bonchev–Trinajstić information content (AvgIpc) is 3.17. The van der Waals surface area contributed by atoms with Crippen LogP contribution in [0.1, 0.15) is 71.3 Å². The van der Waals surface area contributed by atoms with E-state index in [2.05, 4.69) is 0 Å². The third-order valence-corrected chi connectivity index (χ3v) is 8.31. The van der Waals surface area contributed by atoms with Gasteiger partial charge in [0, 0.05) is 18.9 Å². The summed E-state index contributed by atoms with van der Waals surface area (Å²) in [6, 6.07) is 8.83. The van der Waals surface area contributed by atoms with Crippen molar-refractivity contribution in [2.24, 2.45) is 16.6 Å². The summed E-state index contributed by atoms with van der Waals surface area (Å²) < 4.78 is 16.6. The molecule has 0 aromatic heterocycles. The van der Waals surface area contributed by atoms with E-state index in [9.17, 15) is 14.4 Å². The number of hydrogen-bond donors (Lipinski definition) is 1. The maximum Gasteiger partial charge on any atom is 0.340 e. The lowest BCUT2D eigenvalue weighted by molar-refractivity contribution is -0.146. The van der Waals surface area contributed by atoms with Crippen LogP contribution in [0.4, 0.5) is 0 Å². The number of rotatable bonds is 5. The molecule has 1 aromatic rings. The fraction of sp³-hybridized carbons (Fsp3) is 0.484. The van der Waals surface area contributed by atoms with Gasteiger partial charge in [0.25, 0.3) is 0 Å². The predicted molar refractivity (Wildman–Crippen MR) is 146 cm³/mol. The molecule has 9 heteroatoms. The molecule has 1 fully saturated rings. The molecule has 1 spiro atoms. The number of hydrogen-bond acceptors (Lipinski definition) is 8. The minimum atomic E-state index is -2.16. The zero-order valence-electron chi connectivity index (χ0n) is 23.5. The van der Waals surface area contributed by atoms with Gasteiger partial charge in [-0.25, -0.2) is 9.59 Å². The Kier molecular flexibility index (Phi) is 7.10. The van der Waals surface area contributed by atoms with Crippen LogP contribution in [0.25, 0.3) is 5.70 Å². The minimum Gasteiger partial charge on any atom is -0.465 e. The molecule has 212 valence electrons. The minimum absolute atomic E-state index is 0.0221. The molecule has 5 rings (SSSR count). The first-order chi connectivity index (χ1) is 19.1. The Morgan fingerprint density at radius 3 is 2.33 bits per heavy atom. The lowest BCUT2D eigenvalue weighted by Crippen LogP contribution is -2.52. The number of nitrogens with two attached hydrogens (primary N) is 1. The molecular formula is C31H36N2O7. The van der Waals surface area contributed by atoms with Crippen molar-refractivity contribution >= 4 is 29.3 Å². The monoisotopic (exact) mass is 548 g/mol. The molecule has 2 aliphatic carbocycles. The van der Waals surface area contributed by atoms with Crippen LogP contribution < -0.4 is 5.73 Å². The topological polar surface area (TPSA) is 125 Å². The number of ether oxygens (including phenoxy) is 3. The van der Waals surface area contributed by atoms with Crippen molar-refractivity contribution in [1.82, 2.24) is 4.90 Å². The molecule has 2 heterocycles. The number of fused-ring (bicyclic) bond motifs is 1. The highest BCUT2D eigenvalue weighted by Crippen LogP contribution is 2.60. The van der Waals surface area contributed by atoms with E-state index in [1.165, 1.54) is 0 Å². The molecule has 40 heavy (non-hydrogen) atoms. The van der Waals surface area contributed by atoms with Gasteiger partial charge in [0.05, 0.1) is 30.6 Å². The van der Waals surface area contributed by atoms with Crippen molar-refractivity contribution < 1.29 is 33.4 Å². The number of allylic oxidation sites excluding steroid dienone is 1. The van der Waals surface area contributed by atoms with Gasteiger partial charge < -0.3 is 24.8 Å².